The summed E-state index contributed by atoms with van der Waals surface area (Å²) < 4.78 is 39.1. The number of alkyl halides is 3. The number of halogens is 6. The lowest BCUT2D eigenvalue weighted by molar-refractivity contribution is -0.137. The van der Waals surface area contributed by atoms with Crippen molar-refractivity contribution >= 4 is 40.5 Å². The first kappa shape index (κ1) is 18.9. The van der Waals surface area contributed by atoms with Gasteiger partial charge in [0.2, 0.25) is 0 Å². The van der Waals surface area contributed by atoms with E-state index in [0.717, 1.165) is 6.07 Å². The van der Waals surface area contributed by atoms with E-state index in [-0.39, 0.29) is 22.9 Å². The van der Waals surface area contributed by atoms with Gasteiger partial charge in [0.15, 0.2) is 0 Å². The first-order chi connectivity index (χ1) is 11.2. The van der Waals surface area contributed by atoms with E-state index in [9.17, 15) is 13.2 Å². The quantitative estimate of drug-likeness (QED) is 0.421. The topological polar surface area (TPSA) is 21.6 Å². The van der Waals surface area contributed by atoms with Crippen LogP contribution in [0.3, 0.4) is 0 Å². The van der Waals surface area contributed by atoms with Crippen LogP contribution in [-0.4, -0.2) is 5.71 Å². The van der Waals surface area contributed by atoms with Gasteiger partial charge in [-0.05, 0) is 37.3 Å². The molecule has 0 atom stereocenters. The minimum atomic E-state index is -4.52. The monoisotopic (exact) mass is 395 g/mol. The highest BCUT2D eigenvalue weighted by molar-refractivity contribution is 6.35. The van der Waals surface area contributed by atoms with Gasteiger partial charge in [0.1, 0.15) is 6.61 Å². The lowest BCUT2D eigenvalue weighted by Crippen LogP contribution is -2.12. The van der Waals surface area contributed by atoms with Crippen LogP contribution < -0.4 is 0 Å². The fourth-order valence-corrected chi connectivity index (χ4v) is 2.58. The van der Waals surface area contributed by atoms with Crippen LogP contribution in [-0.2, 0) is 17.6 Å². The molecule has 0 heterocycles. The predicted octanol–water partition coefficient (Wildman–Crippen LogP) is 6.61. The van der Waals surface area contributed by atoms with Gasteiger partial charge >= 0.3 is 6.18 Å². The van der Waals surface area contributed by atoms with Crippen LogP contribution >= 0.6 is 34.8 Å². The molecule has 0 radical (unpaired) electrons. The molecule has 0 aromatic heterocycles. The van der Waals surface area contributed by atoms with Crippen molar-refractivity contribution in [3.8, 4) is 0 Å². The van der Waals surface area contributed by atoms with Crippen LogP contribution in [0, 0.1) is 0 Å². The Morgan fingerprint density at radius 3 is 2.29 bits per heavy atom. The Kier molecular flexibility index (Phi) is 6.01. The number of hydrogen-bond acceptors (Lipinski definition) is 2. The van der Waals surface area contributed by atoms with Gasteiger partial charge in [-0.15, -0.1) is 0 Å². The van der Waals surface area contributed by atoms with Gasteiger partial charge in [-0.3, -0.25) is 0 Å². The zero-order chi connectivity index (χ0) is 17.9. The largest absolute Gasteiger partial charge is 0.417 e. The number of rotatable bonds is 4. The highest BCUT2D eigenvalue weighted by Gasteiger charge is 2.34. The maximum Gasteiger partial charge on any atom is 0.417 e. The van der Waals surface area contributed by atoms with Crippen LogP contribution in [0.2, 0.25) is 15.1 Å². The van der Waals surface area contributed by atoms with E-state index in [2.05, 4.69) is 5.16 Å². The molecule has 0 aliphatic rings. The molecule has 0 spiro atoms. The summed E-state index contributed by atoms with van der Waals surface area (Å²) in [6, 6.07) is 8.10. The minimum Gasteiger partial charge on any atom is -0.391 e. The fourth-order valence-electron chi connectivity index (χ4n) is 1.95. The summed E-state index contributed by atoms with van der Waals surface area (Å²) in [6.07, 6.45) is -4.52. The van der Waals surface area contributed by atoms with Crippen LogP contribution in [0.1, 0.15) is 23.6 Å². The zero-order valence-corrected chi connectivity index (χ0v) is 14.6. The first-order valence-electron chi connectivity index (χ1n) is 6.66. The molecule has 2 nitrogen and oxygen atoms in total. The van der Waals surface area contributed by atoms with Crippen LogP contribution in [0.4, 0.5) is 13.2 Å². The van der Waals surface area contributed by atoms with Gasteiger partial charge in [-0.1, -0.05) is 46.0 Å². The van der Waals surface area contributed by atoms with E-state index in [1.165, 1.54) is 25.1 Å². The maximum absolute atomic E-state index is 13.0. The van der Waals surface area contributed by atoms with Gasteiger partial charge in [0.25, 0.3) is 0 Å². The predicted molar refractivity (Wildman–Crippen MR) is 89.9 cm³/mol. The summed E-state index contributed by atoms with van der Waals surface area (Å²) in [6.45, 7) is 1.40. The molecule has 2 aromatic rings. The minimum absolute atomic E-state index is 0.00470. The molecule has 0 fully saturated rings. The highest BCUT2D eigenvalue weighted by Crippen LogP contribution is 2.33. The van der Waals surface area contributed by atoms with E-state index in [4.69, 9.17) is 39.6 Å². The summed E-state index contributed by atoms with van der Waals surface area (Å²) in [5.41, 5.74) is -0.312. The molecule has 2 aromatic carbocycles. The molecule has 24 heavy (non-hydrogen) atoms. The van der Waals surface area contributed by atoms with Crippen LogP contribution in [0.5, 0.6) is 0 Å². The molecule has 2 rings (SSSR count). The third kappa shape index (κ3) is 4.79. The standard InChI is InChI=1S/C16H11Cl3F3NO/c1-9(13-6-11(17)4-5-14(13)16(20,21)22)23-24-8-10-2-3-12(18)7-15(10)19/h2-7H,8H2,1H3/b23-9+. The third-order valence-corrected chi connectivity index (χ3v) is 3.94. The maximum atomic E-state index is 13.0. The van der Waals surface area contributed by atoms with E-state index < -0.39 is 11.7 Å². The van der Waals surface area contributed by atoms with Gasteiger partial charge in [0, 0.05) is 26.2 Å². The van der Waals surface area contributed by atoms with Crippen LogP contribution in [0.25, 0.3) is 0 Å². The Bertz CT molecular complexity index is 776. The Hall–Kier alpha value is -1.43. The molecule has 0 saturated carbocycles. The molecule has 0 saturated heterocycles. The fraction of sp³-hybridized carbons (Fsp3) is 0.188. The van der Waals surface area contributed by atoms with Crippen molar-refractivity contribution in [2.75, 3.05) is 0 Å². The highest BCUT2D eigenvalue weighted by atomic mass is 35.5. The van der Waals surface area contributed by atoms with Crippen molar-refractivity contribution < 1.29 is 18.0 Å². The van der Waals surface area contributed by atoms with E-state index in [0.29, 0.717) is 15.6 Å². The van der Waals surface area contributed by atoms with Crippen LogP contribution in [0.15, 0.2) is 41.6 Å². The summed E-state index contributed by atoms with van der Waals surface area (Å²) >= 11 is 17.6. The summed E-state index contributed by atoms with van der Waals surface area (Å²) in [5.74, 6) is 0. The number of oxime groups is 1. The van der Waals surface area contributed by atoms with Crippen molar-refractivity contribution in [1.29, 1.82) is 0 Å². The second-order valence-electron chi connectivity index (χ2n) is 4.87. The second-order valence-corrected chi connectivity index (χ2v) is 6.15. The molecule has 8 heteroatoms. The molecule has 0 N–H and O–H groups in total. The smallest absolute Gasteiger partial charge is 0.391 e. The Morgan fingerprint density at radius 1 is 1.04 bits per heavy atom. The second kappa shape index (κ2) is 7.64. The summed E-state index contributed by atoms with van der Waals surface area (Å²) in [7, 11) is 0. The molecule has 128 valence electrons. The number of benzene rings is 2. The molecular weight excluding hydrogens is 386 g/mol. The lowest BCUT2D eigenvalue weighted by Gasteiger charge is -2.13. The molecule has 0 aliphatic heterocycles. The SMILES string of the molecule is C/C(=N\OCc1ccc(Cl)cc1Cl)c1cc(Cl)ccc1C(F)(F)F. The molecule has 0 bridgehead atoms. The average Bonchev–Trinajstić information content (AvgIpc) is 2.48. The molecule has 0 aliphatic carbocycles. The zero-order valence-electron chi connectivity index (χ0n) is 12.3. The molecule has 0 unspecified atom stereocenters. The third-order valence-electron chi connectivity index (χ3n) is 3.11. The van der Waals surface area contributed by atoms with E-state index in [1.807, 2.05) is 0 Å². The number of nitrogens with zero attached hydrogens (tertiary/aromatic N) is 1. The lowest BCUT2D eigenvalue weighted by atomic mass is 10.0. The Balaban J connectivity index is 2.21. The van der Waals surface area contributed by atoms with Crippen molar-refractivity contribution in [2.24, 2.45) is 5.16 Å². The molecule has 0 amide bonds. The Morgan fingerprint density at radius 2 is 1.67 bits per heavy atom. The Labute approximate surface area is 151 Å². The van der Waals surface area contributed by atoms with Gasteiger partial charge in [-0.2, -0.15) is 13.2 Å². The average molecular weight is 397 g/mol. The molecular formula is C16H11Cl3F3NO. The van der Waals surface area contributed by atoms with Crippen molar-refractivity contribution in [1.82, 2.24) is 0 Å². The first-order valence-corrected chi connectivity index (χ1v) is 7.79. The van der Waals surface area contributed by atoms with Crippen molar-refractivity contribution in [2.45, 2.75) is 19.7 Å². The van der Waals surface area contributed by atoms with Gasteiger partial charge in [-0.25, -0.2) is 0 Å². The van der Waals surface area contributed by atoms with Crippen molar-refractivity contribution in [3.63, 3.8) is 0 Å². The number of hydrogen-bond donors (Lipinski definition) is 0. The van der Waals surface area contributed by atoms with E-state index >= 15 is 0 Å². The van der Waals surface area contributed by atoms with Gasteiger partial charge < -0.3 is 4.84 Å². The van der Waals surface area contributed by atoms with E-state index in [1.54, 1.807) is 12.1 Å². The summed E-state index contributed by atoms with van der Waals surface area (Å²) in [5, 5.41) is 4.76. The normalized spacial score (nSPS) is 12.4. The van der Waals surface area contributed by atoms with Crippen molar-refractivity contribution in [3.05, 3.63) is 68.2 Å². The summed E-state index contributed by atoms with van der Waals surface area (Å²) in [4.78, 5) is 5.11. The van der Waals surface area contributed by atoms with Gasteiger partial charge in [0.05, 0.1) is 11.3 Å².